The van der Waals surface area contributed by atoms with E-state index in [0.717, 1.165) is 12.8 Å². The molecule has 1 aliphatic heterocycles. The largest absolute Gasteiger partial charge is 0.323 e. The summed E-state index contributed by atoms with van der Waals surface area (Å²) in [5.74, 6) is 0.424. The minimum Gasteiger partial charge on any atom is -0.317 e. The number of carbonyl (C=O) groups excluding carboxylic acids is 2. The van der Waals surface area contributed by atoms with Gasteiger partial charge in [-0.2, -0.15) is 0 Å². The van der Waals surface area contributed by atoms with E-state index in [4.69, 9.17) is 0 Å². The average Bonchev–Trinajstić information content (AvgIpc) is 3.02. The number of ketones is 1. The van der Waals surface area contributed by atoms with Gasteiger partial charge in [-0.05, 0) is 48.9 Å². The van der Waals surface area contributed by atoms with Gasteiger partial charge in [-0.3, -0.25) is 10.1 Å². The molecular weight excluding hydrogens is 310 g/mol. The lowest BCUT2D eigenvalue weighted by Crippen LogP contribution is -2.42. The summed E-state index contributed by atoms with van der Waals surface area (Å²) in [6.07, 6.45) is 3.27. The summed E-state index contributed by atoms with van der Waals surface area (Å²) in [5.41, 5.74) is 1.80. The van der Waals surface area contributed by atoms with Crippen molar-refractivity contribution in [2.45, 2.75) is 32.7 Å². The fourth-order valence-corrected chi connectivity index (χ4v) is 3.87. The van der Waals surface area contributed by atoms with Crippen LogP contribution >= 0.6 is 11.3 Å². The van der Waals surface area contributed by atoms with Crippen molar-refractivity contribution in [3.05, 3.63) is 45.8 Å². The highest BCUT2D eigenvalue weighted by Gasteiger charge is 2.30. The fraction of sp³-hybridized carbons (Fsp3) is 0.353. The molecule has 0 fully saturated rings. The zero-order chi connectivity index (χ0) is 16.4. The van der Waals surface area contributed by atoms with Gasteiger partial charge in [-0.25, -0.2) is 9.78 Å². The minimum atomic E-state index is -0.142. The number of anilines is 1. The number of rotatable bonds is 3. The number of hydrogen-bond donors (Lipinski definition) is 1. The van der Waals surface area contributed by atoms with E-state index in [-0.39, 0.29) is 17.9 Å². The Kier molecular flexibility index (Phi) is 4.43. The lowest BCUT2D eigenvalue weighted by atomic mass is 9.98. The topological polar surface area (TPSA) is 62.3 Å². The number of aromatic nitrogens is 1. The third-order valence-corrected chi connectivity index (χ3v) is 5.14. The maximum absolute atomic E-state index is 12.6. The molecule has 0 bridgehead atoms. The SMILES string of the molecule is CC[C@H]1c2ccsc2CCN1C(=O)Nc1ccc(C(C)=O)cn1. The summed E-state index contributed by atoms with van der Waals surface area (Å²) in [6, 6.07) is 5.43. The Morgan fingerprint density at radius 2 is 2.22 bits per heavy atom. The third kappa shape index (κ3) is 3.12. The normalized spacial score (nSPS) is 16.8. The van der Waals surface area contributed by atoms with Gasteiger partial charge in [0.05, 0.1) is 6.04 Å². The number of carbonyl (C=O) groups is 2. The van der Waals surface area contributed by atoms with Crippen molar-refractivity contribution in [1.82, 2.24) is 9.88 Å². The van der Waals surface area contributed by atoms with Gasteiger partial charge >= 0.3 is 6.03 Å². The number of fused-ring (bicyclic) bond motifs is 1. The summed E-state index contributed by atoms with van der Waals surface area (Å²) in [7, 11) is 0. The highest BCUT2D eigenvalue weighted by Crippen LogP contribution is 2.35. The van der Waals surface area contributed by atoms with Crippen LogP contribution in [0.5, 0.6) is 0 Å². The first-order valence-electron chi connectivity index (χ1n) is 7.71. The molecule has 0 spiro atoms. The molecule has 2 amide bonds. The number of pyridine rings is 1. The van der Waals surface area contributed by atoms with Gasteiger partial charge in [0, 0.05) is 23.2 Å². The molecule has 6 heteroatoms. The molecule has 0 aromatic carbocycles. The molecule has 2 aromatic heterocycles. The summed E-state index contributed by atoms with van der Waals surface area (Å²) in [5, 5.41) is 4.93. The maximum atomic E-state index is 12.6. The van der Waals surface area contributed by atoms with Crippen molar-refractivity contribution < 1.29 is 9.59 Å². The molecule has 0 saturated heterocycles. The first-order chi connectivity index (χ1) is 11.1. The number of nitrogens with zero attached hydrogens (tertiary/aromatic N) is 2. The van der Waals surface area contributed by atoms with Gasteiger partial charge in [0.15, 0.2) is 5.78 Å². The van der Waals surface area contributed by atoms with Crippen LogP contribution in [0.25, 0.3) is 0 Å². The van der Waals surface area contributed by atoms with Crippen molar-refractivity contribution in [1.29, 1.82) is 0 Å². The van der Waals surface area contributed by atoms with Gasteiger partial charge in [0.25, 0.3) is 0 Å². The minimum absolute atomic E-state index is 0.0394. The maximum Gasteiger partial charge on any atom is 0.323 e. The molecule has 23 heavy (non-hydrogen) atoms. The van der Waals surface area contributed by atoms with E-state index in [9.17, 15) is 9.59 Å². The van der Waals surface area contributed by atoms with Crippen molar-refractivity contribution in [2.24, 2.45) is 0 Å². The smallest absolute Gasteiger partial charge is 0.317 e. The summed E-state index contributed by atoms with van der Waals surface area (Å²) in [4.78, 5) is 31.3. The van der Waals surface area contributed by atoms with E-state index in [0.29, 0.717) is 17.9 Å². The zero-order valence-corrected chi connectivity index (χ0v) is 14.0. The second-order valence-corrected chi connectivity index (χ2v) is 6.59. The molecule has 3 heterocycles. The molecule has 0 radical (unpaired) electrons. The molecule has 0 saturated carbocycles. The Labute approximate surface area is 139 Å². The Morgan fingerprint density at radius 1 is 1.39 bits per heavy atom. The van der Waals surface area contributed by atoms with E-state index in [1.807, 2.05) is 4.90 Å². The lowest BCUT2D eigenvalue weighted by molar-refractivity contribution is 0.101. The van der Waals surface area contributed by atoms with Crippen LogP contribution in [0.3, 0.4) is 0 Å². The van der Waals surface area contributed by atoms with E-state index in [2.05, 4.69) is 28.7 Å². The van der Waals surface area contributed by atoms with Crippen LogP contribution in [0.2, 0.25) is 0 Å². The predicted octanol–water partition coefficient (Wildman–Crippen LogP) is 3.89. The molecule has 0 aliphatic carbocycles. The van der Waals surface area contributed by atoms with E-state index < -0.39 is 0 Å². The van der Waals surface area contributed by atoms with Crippen LogP contribution in [0.4, 0.5) is 10.6 Å². The number of Topliss-reactive ketones (excluding diaryl/α,β-unsaturated/α-hetero) is 1. The van der Waals surface area contributed by atoms with Gasteiger partial charge in [-0.15, -0.1) is 11.3 Å². The van der Waals surface area contributed by atoms with Gasteiger partial charge in [0.2, 0.25) is 0 Å². The standard InChI is InChI=1S/C17H19N3O2S/c1-3-14-13-7-9-23-15(13)6-8-20(14)17(22)19-16-5-4-12(10-18-16)11(2)21/h4-5,7,9-10,14H,3,6,8H2,1-2H3,(H,18,19,22)/t14-/m0/s1. The molecule has 1 N–H and O–H groups in total. The highest BCUT2D eigenvalue weighted by atomic mass is 32.1. The Morgan fingerprint density at radius 3 is 2.87 bits per heavy atom. The molecule has 2 aromatic rings. The Hall–Kier alpha value is -2.21. The predicted molar refractivity (Wildman–Crippen MR) is 91.0 cm³/mol. The molecule has 5 nitrogen and oxygen atoms in total. The molecule has 3 rings (SSSR count). The summed E-state index contributed by atoms with van der Waals surface area (Å²) in [6.45, 7) is 4.30. The zero-order valence-electron chi connectivity index (χ0n) is 13.2. The van der Waals surface area contributed by atoms with Crippen molar-refractivity contribution in [3.63, 3.8) is 0 Å². The average molecular weight is 329 g/mol. The van der Waals surface area contributed by atoms with Crippen molar-refractivity contribution in [3.8, 4) is 0 Å². The quantitative estimate of drug-likeness (QED) is 0.869. The summed E-state index contributed by atoms with van der Waals surface area (Å²) < 4.78 is 0. The molecule has 1 aliphatic rings. The number of amides is 2. The number of urea groups is 1. The Bertz CT molecular complexity index is 724. The van der Waals surface area contributed by atoms with Gasteiger partial charge < -0.3 is 4.90 Å². The van der Waals surface area contributed by atoms with Gasteiger partial charge in [0.1, 0.15) is 5.82 Å². The second-order valence-electron chi connectivity index (χ2n) is 5.59. The molecular formula is C17H19N3O2S. The van der Waals surface area contributed by atoms with Crippen LogP contribution in [-0.2, 0) is 6.42 Å². The first-order valence-corrected chi connectivity index (χ1v) is 8.59. The van der Waals surface area contributed by atoms with E-state index in [1.54, 1.807) is 23.5 Å². The Balaban J connectivity index is 1.74. The fourth-order valence-electron chi connectivity index (χ4n) is 2.94. The van der Waals surface area contributed by atoms with Crippen molar-refractivity contribution in [2.75, 3.05) is 11.9 Å². The number of nitrogens with one attached hydrogen (secondary N) is 1. The van der Waals surface area contributed by atoms with Crippen LogP contribution in [-0.4, -0.2) is 28.2 Å². The van der Waals surface area contributed by atoms with E-state index in [1.165, 1.54) is 23.6 Å². The van der Waals surface area contributed by atoms with Crippen LogP contribution in [0.15, 0.2) is 29.8 Å². The van der Waals surface area contributed by atoms with Crippen molar-refractivity contribution >= 4 is 29.0 Å². The lowest BCUT2D eigenvalue weighted by Gasteiger charge is -2.35. The van der Waals surface area contributed by atoms with Crippen LogP contribution < -0.4 is 5.32 Å². The van der Waals surface area contributed by atoms with Crippen LogP contribution in [0.1, 0.15) is 47.1 Å². The summed E-state index contributed by atoms with van der Waals surface area (Å²) >= 11 is 1.76. The highest BCUT2D eigenvalue weighted by molar-refractivity contribution is 7.10. The second kappa shape index (κ2) is 6.50. The first kappa shape index (κ1) is 15.7. The number of thiophene rings is 1. The van der Waals surface area contributed by atoms with Gasteiger partial charge in [-0.1, -0.05) is 6.92 Å². The molecule has 1 atom stereocenters. The number of hydrogen-bond acceptors (Lipinski definition) is 4. The van der Waals surface area contributed by atoms with E-state index >= 15 is 0 Å². The molecule has 120 valence electrons. The monoisotopic (exact) mass is 329 g/mol. The third-order valence-electron chi connectivity index (χ3n) is 4.15. The van der Waals surface area contributed by atoms with Crippen LogP contribution in [0, 0.1) is 0 Å². The molecule has 0 unspecified atom stereocenters.